The molecule has 1 aromatic rings. The smallest absolute Gasteiger partial charge is 0.245 e. The number of nitrogens with one attached hydrogen (secondary N) is 1. The Balaban J connectivity index is 2.30. The zero-order chi connectivity index (χ0) is 12.4. The van der Waals surface area contributed by atoms with Crippen LogP contribution in [0.25, 0.3) is 0 Å². The molecule has 1 amide bonds. The van der Waals surface area contributed by atoms with Crippen molar-refractivity contribution in [2.75, 3.05) is 18.1 Å². The molecule has 0 spiro atoms. The summed E-state index contributed by atoms with van der Waals surface area (Å²) < 4.78 is 0. The molecule has 1 aliphatic rings. The molecular formula is C12H15ClN2O2. The molecule has 2 rings (SSSR count). The zero-order valence-electron chi connectivity index (χ0n) is 9.56. The van der Waals surface area contributed by atoms with Gasteiger partial charge in [-0.05, 0) is 25.1 Å². The normalized spacial score (nSPS) is 24.6. The molecule has 0 aromatic heterocycles. The summed E-state index contributed by atoms with van der Waals surface area (Å²) in [6.07, 6.45) is 0. The molecule has 0 saturated carbocycles. The quantitative estimate of drug-likeness (QED) is 0.829. The third-order valence-electron chi connectivity index (χ3n) is 2.85. The summed E-state index contributed by atoms with van der Waals surface area (Å²) in [7, 11) is 0. The highest BCUT2D eigenvalue weighted by atomic mass is 35.5. The van der Waals surface area contributed by atoms with Crippen LogP contribution in [0.3, 0.4) is 0 Å². The van der Waals surface area contributed by atoms with Crippen molar-refractivity contribution in [3.63, 3.8) is 0 Å². The van der Waals surface area contributed by atoms with Crippen LogP contribution >= 0.6 is 11.6 Å². The third kappa shape index (κ3) is 2.53. The van der Waals surface area contributed by atoms with E-state index in [1.54, 1.807) is 12.1 Å². The van der Waals surface area contributed by atoms with E-state index in [4.69, 9.17) is 11.6 Å². The fourth-order valence-electron chi connectivity index (χ4n) is 2.07. The van der Waals surface area contributed by atoms with Crippen LogP contribution in [0.4, 0.5) is 5.69 Å². The maximum Gasteiger partial charge on any atom is 0.245 e. The molecular weight excluding hydrogens is 240 g/mol. The van der Waals surface area contributed by atoms with Crippen LogP contribution < -0.4 is 10.2 Å². The lowest BCUT2D eigenvalue weighted by atomic mass is 10.1. The first-order valence-corrected chi connectivity index (χ1v) is 5.93. The maximum absolute atomic E-state index is 11.8. The van der Waals surface area contributed by atoms with Crippen molar-refractivity contribution in [1.82, 2.24) is 5.32 Å². The number of hydrogen-bond donors (Lipinski definition) is 2. The van der Waals surface area contributed by atoms with Gasteiger partial charge in [0.2, 0.25) is 5.91 Å². The van der Waals surface area contributed by atoms with Crippen molar-refractivity contribution in [1.29, 1.82) is 0 Å². The Morgan fingerprint density at radius 3 is 3.00 bits per heavy atom. The van der Waals surface area contributed by atoms with E-state index in [2.05, 4.69) is 5.32 Å². The van der Waals surface area contributed by atoms with Gasteiger partial charge in [-0.1, -0.05) is 17.7 Å². The number of halogens is 1. The fourth-order valence-corrected chi connectivity index (χ4v) is 2.25. The zero-order valence-corrected chi connectivity index (χ0v) is 10.3. The number of benzene rings is 1. The summed E-state index contributed by atoms with van der Waals surface area (Å²) in [5.74, 6) is -0.147. The summed E-state index contributed by atoms with van der Waals surface area (Å²) in [5, 5.41) is 12.8. The second-order valence-electron chi connectivity index (χ2n) is 4.24. The third-order valence-corrected chi connectivity index (χ3v) is 3.09. The second kappa shape index (κ2) is 4.94. The van der Waals surface area contributed by atoms with Gasteiger partial charge in [0.15, 0.2) is 0 Å². The number of carbonyl (C=O) groups is 1. The minimum Gasteiger partial charge on any atom is -0.394 e. The van der Waals surface area contributed by atoms with Crippen molar-refractivity contribution in [2.45, 2.75) is 19.0 Å². The van der Waals surface area contributed by atoms with Gasteiger partial charge in [0.05, 0.1) is 6.61 Å². The van der Waals surface area contributed by atoms with Gasteiger partial charge < -0.3 is 15.3 Å². The minimum absolute atomic E-state index is 0.0595. The highest BCUT2D eigenvalue weighted by Crippen LogP contribution is 2.23. The number of anilines is 1. The van der Waals surface area contributed by atoms with Gasteiger partial charge in [0, 0.05) is 23.3 Å². The molecule has 0 bridgehead atoms. The van der Waals surface area contributed by atoms with E-state index in [0.717, 1.165) is 5.69 Å². The number of carbonyl (C=O) groups excluding carboxylic acids is 1. The highest BCUT2D eigenvalue weighted by Gasteiger charge is 2.32. The summed E-state index contributed by atoms with van der Waals surface area (Å²) in [6, 6.07) is 6.83. The summed E-state index contributed by atoms with van der Waals surface area (Å²) in [4.78, 5) is 13.6. The van der Waals surface area contributed by atoms with Crippen LogP contribution in [-0.4, -0.2) is 36.2 Å². The molecule has 1 saturated heterocycles. The first-order chi connectivity index (χ1) is 8.11. The number of piperazine rings is 1. The molecule has 5 heteroatoms. The number of rotatable bonds is 2. The molecule has 2 unspecified atom stereocenters. The van der Waals surface area contributed by atoms with Crippen LogP contribution in [0.15, 0.2) is 24.3 Å². The lowest BCUT2D eigenvalue weighted by molar-refractivity contribution is -0.125. The van der Waals surface area contributed by atoms with E-state index >= 15 is 0 Å². The topological polar surface area (TPSA) is 52.6 Å². The Morgan fingerprint density at radius 2 is 2.35 bits per heavy atom. The maximum atomic E-state index is 11.8. The molecule has 1 heterocycles. The standard InChI is InChI=1S/C12H15ClN2O2/c1-8-6-15(11(7-16)12(17)14-8)10-4-2-3-9(13)5-10/h2-5,8,11,16H,6-7H2,1H3,(H,14,17). The summed E-state index contributed by atoms with van der Waals surface area (Å²) in [6.45, 7) is 2.39. The van der Waals surface area contributed by atoms with Gasteiger partial charge in [-0.25, -0.2) is 0 Å². The largest absolute Gasteiger partial charge is 0.394 e. The SMILES string of the molecule is CC1CN(c2cccc(Cl)c2)C(CO)C(=O)N1. The van der Waals surface area contributed by atoms with Crippen molar-refractivity contribution < 1.29 is 9.90 Å². The Bertz CT molecular complexity index is 425. The van der Waals surface area contributed by atoms with Crippen LogP contribution in [0.5, 0.6) is 0 Å². The monoisotopic (exact) mass is 254 g/mol. The highest BCUT2D eigenvalue weighted by molar-refractivity contribution is 6.30. The van der Waals surface area contributed by atoms with E-state index < -0.39 is 6.04 Å². The van der Waals surface area contributed by atoms with Crippen LogP contribution in [0.2, 0.25) is 5.02 Å². The van der Waals surface area contributed by atoms with E-state index in [-0.39, 0.29) is 18.6 Å². The van der Waals surface area contributed by atoms with Crippen molar-refractivity contribution in [2.24, 2.45) is 0 Å². The van der Waals surface area contributed by atoms with Crippen molar-refractivity contribution >= 4 is 23.2 Å². The lowest BCUT2D eigenvalue weighted by Gasteiger charge is -2.39. The van der Waals surface area contributed by atoms with Gasteiger partial charge in [0.25, 0.3) is 0 Å². The molecule has 1 fully saturated rings. The van der Waals surface area contributed by atoms with E-state index in [1.807, 2.05) is 24.0 Å². The average Bonchev–Trinajstić information content (AvgIpc) is 2.28. The van der Waals surface area contributed by atoms with Gasteiger partial charge >= 0.3 is 0 Å². The molecule has 92 valence electrons. The van der Waals surface area contributed by atoms with Crippen LogP contribution in [-0.2, 0) is 4.79 Å². The van der Waals surface area contributed by atoms with Gasteiger partial charge in [-0.3, -0.25) is 4.79 Å². The van der Waals surface area contributed by atoms with Gasteiger partial charge in [-0.15, -0.1) is 0 Å². The van der Waals surface area contributed by atoms with E-state index in [1.165, 1.54) is 0 Å². The van der Waals surface area contributed by atoms with Crippen LogP contribution in [0.1, 0.15) is 6.92 Å². The molecule has 1 aliphatic heterocycles. The molecule has 4 nitrogen and oxygen atoms in total. The number of aliphatic hydroxyl groups is 1. The fraction of sp³-hybridized carbons (Fsp3) is 0.417. The Hall–Kier alpha value is -1.26. The van der Waals surface area contributed by atoms with Crippen molar-refractivity contribution in [3.05, 3.63) is 29.3 Å². The molecule has 17 heavy (non-hydrogen) atoms. The predicted molar refractivity (Wildman–Crippen MR) is 67.3 cm³/mol. The number of hydrogen-bond acceptors (Lipinski definition) is 3. The predicted octanol–water partition coefficient (Wildman–Crippen LogP) is 1.03. The molecule has 2 N–H and O–H groups in total. The summed E-state index contributed by atoms with van der Waals surface area (Å²) >= 11 is 5.94. The number of aliphatic hydroxyl groups excluding tert-OH is 1. The number of amides is 1. The van der Waals surface area contributed by atoms with Crippen LogP contribution in [0, 0.1) is 0 Å². The van der Waals surface area contributed by atoms with Crippen molar-refractivity contribution in [3.8, 4) is 0 Å². The Labute approximate surface area is 105 Å². The van der Waals surface area contributed by atoms with Gasteiger partial charge in [-0.2, -0.15) is 0 Å². The first-order valence-electron chi connectivity index (χ1n) is 5.55. The first kappa shape index (κ1) is 12.2. The minimum atomic E-state index is -0.537. The molecule has 1 aromatic carbocycles. The Kier molecular flexibility index (Phi) is 3.54. The molecule has 0 radical (unpaired) electrons. The second-order valence-corrected chi connectivity index (χ2v) is 4.68. The molecule has 0 aliphatic carbocycles. The number of nitrogens with zero attached hydrogens (tertiary/aromatic N) is 1. The Morgan fingerprint density at radius 1 is 1.59 bits per heavy atom. The lowest BCUT2D eigenvalue weighted by Crippen LogP contribution is -2.60. The van der Waals surface area contributed by atoms with E-state index in [0.29, 0.717) is 11.6 Å². The molecule has 2 atom stereocenters. The average molecular weight is 255 g/mol. The summed E-state index contributed by atoms with van der Waals surface area (Å²) in [5.41, 5.74) is 0.859. The van der Waals surface area contributed by atoms with Gasteiger partial charge in [0.1, 0.15) is 6.04 Å². The van der Waals surface area contributed by atoms with E-state index in [9.17, 15) is 9.90 Å².